The van der Waals surface area contributed by atoms with Crippen molar-refractivity contribution in [2.45, 2.75) is 12.1 Å². The first-order valence-corrected chi connectivity index (χ1v) is 9.16. The van der Waals surface area contributed by atoms with Gasteiger partial charge < -0.3 is 34.1 Å². The van der Waals surface area contributed by atoms with E-state index in [4.69, 9.17) is 18.9 Å². The third kappa shape index (κ3) is 4.08. The molecule has 156 valence electrons. The molecule has 0 aliphatic carbocycles. The van der Waals surface area contributed by atoms with Gasteiger partial charge in [-0.05, 0) is 35.9 Å². The molecule has 2 aromatic rings. The average Bonchev–Trinajstić information content (AvgIpc) is 2.77. The molecule has 1 aliphatic rings. The molecule has 1 saturated heterocycles. The van der Waals surface area contributed by atoms with Gasteiger partial charge in [0.2, 0.25) is 0 Å². The number of morpholine rings is 1. The molecule has 1 amide bonds. The Balaban J connectivity index is 1.99. The van der Waals surface area contributed by atoms with Crippen molar-refractivity contribution < 1.29 is 34.0 Å². The molecular formula is C21H25NO7. The van der Waals surface area contributed by atoms with Crippen LogP contribution in [0.4, 0.5) is 0 Å². The van der Waals surface area contributed by atoms with Gasteiger partial charge in [0, 0.05) is 12.1 Å². The maximum absolute atomic E-state index is 13.3. The van der Waals surface area contributed by atoms with E-state index in [0.717, 1.165) is 5.56 Å². The smallest absolute Gasteiger partial charge is 0.254 e. The summed E-state index contributed by atoms with van der Waals surface area (Å²) in [5.74, 6) is 0.957. The number of methoxy groups -OCH3 is 3. The third-order valence-corrected chi connectivity index (χ3v) is 4.97. The van der Waals surface area contributed by atoms with Crippen LogP contribution in [0.2, 0.25) is 0 Å². The Morgan fingerprint density at radius 2 is 1.76 bits per heavy atom. The van der Waals surface area contributed by atoms with Gasteiger partial charge in [-0.15, -0.1) is 0 Å². The normalized spacial score (nSPS) is 19.0. The number of aliphatic hydroxyl groups is 1. The maximum atomic E-state index is 13.3. The van der Waals surface area contributed by atoms with E-state index >= 15 is 0 Å². The Bertz CT molecular complexity index is 870. The van der Waals surface area contributed by atoms with Crippen LogP contribution < -0.4 is 14.2 Å². The van der Waals surface area contributed by atoms with Gasteiger partial charge in [0.1, 0.15) is 6.10 Å². The summed E-state index contributed by atoms with van der Waals surface area (Å²) in [7, 11) is 4.52. The average molecular weight is 403 g/mol. The Morgan fingerprint density at radius 1 is 1.07 bits per heavy atom. The molecule has 2 atom stereocenters. The van der Waals surface area contributed by atoms with Crippen molar-refractivity contribution in [1.82, 2.24) is 4.90 Å². The molecule has 0 radical (unpaired) electrons. The fourth-order valence-electron chi connectivity index (χ4n) is 3.53. The topological polar surface area (TPSA) is 97.7 Å². The molecule has 1 aliphatic heterocycles. The number of ether oxygens (including phenoxy) is 4. The molecule has 29 heavy (non-hydrogen) atoms. The predicted molar refractivity (Wildman–Crippen MR) is 105 cm³/mol. The highest BCUT2D eigenvalue weighted by atomic mass is 16.5. The molecule has 0 aromatic heterocycles. The van der Waals surface area contributed by atoms with Crippen molar-refractivity contribution in [2.75, 3.05) is 41.1 Å². The Hall–Kier alpha value is -2.97. The first kappa shape index (κ1) is 20.8. The molecule has 0 spiro atoms. The lowest BCUT2D eigenvalue weighted by molar-refractivity contribution is -0.0811. The minimum atomic E-state index is -0.599. The first-order valence-electron chi connectivity index (χ1n) is 9.16. The predicted octanol–water partition coefficient (Wildman–Crippen LogP) is 1.99. The minimum Gasteiger partial charge on any atom is -0.504 e. The molecule has 8 heteroatoms. The van der Waals surface area contributed by atoms with Crippen molar-refractivity contribution in [2.24, 2.45) is 0 Å². The molecule has 1 heterocycles. The third-order valence-electron chi connectivity index (χ3n) is 4.97. The summed E-state index contributed by atoms with van der Waals surface area (Å²) in [5, 5.41) is 19.9. The van der Waals surface area contributed by atoms with Crippen LogP contribution in [0.1, 0.15) is 22.0 Å². The minimum absolute atomic E-state index is 0.118. The van der Waals surface area contributed by atoms with Crippen LogP contribution in [-0.2, 0) is 4.74 Å². The summed E-state index contributed by atoms with van der Waals surface area (Å²) < 4.78 is 21.4. The molecule has 0 bridgehead atoms. The van der Waals surface area contributed by atoms with Gasteiger partial charge >= 0.3 is 0 Å². The SMILES string of the molecule is COc1ccc(C(=O)N2CCOC(CO)C2c2ccc(OC)c(OC)c2)cc1O. The second-order valence-electron chi connectivity index (χ2n) is 6.54. The lowest BCUT2D eigenvalue weighted by Gasteiger charge is -2.41. The monoisotopic (exact) mass is 403 g/mol. The Kier molecular flexibility index (Phi) is 6.46. The Morgan fingerprint density at radius 3 is 2.38 bits per heavy atom. The summed E-state index contributed by atoms with van der Waals surface area (Å²) in [6.45, 7) is 0.376. The van der Waals surface area contributed by atoms with Crippen molar-refractivity contribution >= 4 is 5.91 Å². The molecular weight excluding hydrogens is 378 g/mol. The molecule has 8 nitrogen and oxygen atoms in total. The standard InChI is InChI=1S/C21H25NO7/c1-26-16-6-5-14(10-15(16)24)21(25)22-8-9-29-19(12-23)20(22)13-4-7-17(27-2)18(11-13)28-3/h4-7,10-11,19-20,23-24H,8-9,12H2,1-3H3. The number of rotatable bonds is 6. The lowest BCUT2D eigenvalue weighted by atomic mass is 9.96. The number of benzene rings is 2. The van der Waals surface area contributed by atoms with Crippen molar-refractivity contribution in [3.63, 3.8) is 0 Å². The number of aliphatic hydroxyl groups excluding tert-OH is 1. The zero-order valence-electron chi connectivity index (χ0n) is 16.6. The summed E-state index contributed by atoms with van der Waals surface area (Å²) in [5.41, 5.74) is 1.06. The quantitative estimate of drug-likeness (QED) is 0.761. The van der Waals surface area contributed by atoms with E-state index < -0.39 is 12.1 Å². The fraction of sp³-hybridized carbons (Fsp3) is 0.381. The number of hydrogen-bond acceptors (Lipinski definition) is 7. The van der Waals surface area contributed by atoms with Crippen LogP contribution in [0.3, 0.4) is 0 Å². The van der Waals surface area contributed by atoms with Gasteiger partial charge in [0.05, 0.1) is 40.6 Å². The van der Waals surface area contributed by atoms with E-state index in [1.165, 1.54) is 26.4 Å². The van der Waals surface area contributed by atoms with Crippen molar-refractivity contribution in [3.05, 3.63) is 47.5 Å². The molecule has 2 aromatic carbocycles. The number of hydrogen-bond donors (Lipinski definition) is 2. The van der Waals surface area contributed by atoms with Gasteiger partial charge in [0.15, 0.2) is 23.0 Å². The molecule has 2 unspecified atom stereocenters. The number of phenols is 1. The van der Waals surface area contributed by atoms with Crippen LogP contribution >= 0.6 is 0 Å². The van der Waals surface area contributed by atoms with Gasteiger partial charge in [-0.2, -0.15) is 0 Å². The van der Waals surface area contributed by atoms with E-state index in [9.17, 15) is 15.0 Å². The van der Waals surface area contributed by atoms with Gasteiger partial charge in [-0.1, -0.05) is 6.07 Å². The molecule has 0 saturated carbocycles. The molecule has 3 rings (SSSR count). The van der Waals surface area contributed by atoms with E-state index in [0.29, 0.717) is 30.2 Å². The summed E-state index contributed by atoms with van der Waals surface area (Å²) in [6.07, 6.45) is -0.599. The first-order chi connectivity index (χ1) is 14.0. The highest BCUT2D eigenvalue weighted by Gasteiger charge is 2.37. The second kappa shape index (κ2) is 9.02. The fourth-order valence-corrected chi connectivity index (χ4v) is 3.53. The largest absolute Gasteiger partial charge is 0.504 e. The zero-order chi connectivity index (χ0) is 21.0. The van der Waals surface area contributed by atoms with Crippen LogP contribution in [-0.4, -0.2) is 68.2 Å². The maximum Gasteiger partial charge on any atom is 0.254 e. The summed E-state index contributed by atoms with van der Waals surface area (Å²) in [4.78, 5) is 14.9. The highest BCUT2D eigenvalue weighted by molar-refractivity contribution is 5.95. The number of nitrogens with zero attached hydrogens (tertiary/aromatic N) is 1. The number of phenolic OH excluding ortho intramolecular Hbond substituents is 1. The van der Waals surface area contributed by atoms with Crippen LogP contribution in [0.25, 0.3) is 0 Å². The molecule has 1 fully saturated rings. The zero-order valence-corrected chi connectivity index (χ0v) is 16.6. The summed E-state index contributed by atoms with van der Waals surface area (Å²) in [6, 6.07) is 9.30. The summed E-state index contributed by atoms with van der Waals surface area (Å²) >= 11 is 0. The van der Waals surface area contributed by atoms with Gasteiger partial charge in [0.25, 0.3) is 5.91 Å². The highest BCUT2D eigenvalue weighted by Crippen LogP contribution is 2.37. The van der Waals surface area contributed by atoms with E-state index in [2.05, 4.69) is 0 Å². The second-order valence-corrected chi connectivity index (χ2v) is 6.54. The van der Waals surface area contributed by atoms with E-state index in [1.807, 2.05) is 6.07 Å². The van der Waals surface area contributed by atoms with Crippen molar-refractivity contribution in [3.8, 4) is 23.0 Å². The Labute approximate surface area is 169 Å². The number of aromatic hydroxyl groups is 1. The molecule has 2 N–H and O–H groups in total. The van der Waals surface area contributed by atoms with Crippen LogP contribution in [0.15, 0.2) is 36.4 Å². The van der Waals surface area contributed by atoms with Crippen molar-refractivity contribution in [1.29, 1.82) is 0 Å². The van der Waals surface area contributed by atoms with Crippen LogP contribution in [0, 0.1) is 0 Å². The number of carbonyl (C=O) groups is 1. The van der Waals surface area contributed by atoms with Gasteiger partial charge in [-0.25, -0.2) is 0 Å². The number of amides is 1. The van der Waals surface area contributed by atoms with Crippen LogP contribution in [0.5, 0.6) is 23.0 Å². The van der Waals surface area contributed by atoms with E-state index in [-0.39, 0.29) is 24.0 Å². The number of carbonyl (C=O) groups excluding carboxylic acids is 1. The lowest BCUT2D eigenvalue weighted by Crippen LogP contribution is -2.49. The van der Waals surface area contributed by atoms with Gasteiger partial charge in [-0.3, -0.25) is 4.79 Å². The van der Waals surface area contributed by atoms with E-state index in [1.54, 1.807) is 30.2 Å².